The van der Waals surface area contributed by atoms with Crippen LogP contribution < -0.4 is 5.73 Å². The second-order valence-corrected chi connectivity index (χ2v) is 7.55. The Morgan fingerprint density at radius 3 is 2.44 bits per heavy atom. The maximum Gasteiger partial charge on any atom is 0.338 e. The van der Waals surface area contributed by atoms with Crippen molar-refractivity contribution < 1.29 is 27.9 Å². The van der Waals surface area contributed by atoms with E-state index in [4.69, 9.17) is 10.8 Å². The molecule has 3 N–H and O–H groups in total. The number of carboxylic acid groups (broad SMARTS) is 1. The highest BCUT2D eigenvalue weighted by molar-refractivity contribution is 5.87. The SMILES string of the molecule is Cl.N[C@@H](CC(=O)N1CCn2nnc(-c3ncc(C(=O)O)cn3)c2C1)Cc1cc(F)c(F)cc1F. The molecule has 0 saturated heterocycles. The van der Waals surface area contributed by atoms with Crippen LogP contribution in [0, 0.1) is 17.5 Å². The summed E-state index contributed by atoms with van der Waals surface area (Å²) in [6.07, 6.45) is 2.02. The van der Waals surface area contributed by atoms with E-state index >= 15 is 0 Å². The third-order valence-corrected chi connectivity index (χ3v) is 5.23. The maximum atomic E-state index is 13.9. The molecule has 1 aromatic carbocycles. The van der Waals surface area contributed by atoms with Crippen molar-refractivity contribution in [1.82, 2.24) is 29.9 Å². The van der Waals surface area contributed by atoms with E-state index in [1.807, 2.05) is 0 Å². The number of nitrogens with two attached hydrogens (primary N) is 1. The van der Waals surface area contributed by atoms with Crippen molar-refractivity contribution in [1.29, 1.82) is 0 Å². The second-order valence-electron chi connectivity index (χ2n) is 7.55. The maximum absolute atomic E-state index is 13.9. The van der Waals surface area contributed by atoms with Crippen LogP contribution in [-0.2, 0) is 24.3 Å². The Bertz CT molecular complexity index is 1220. The van der Waals surface area contributed by atoms with Crippen molar-refractivity contribution in [2.45, 2.75) is 32.0 Å². The summed E-state index contributed by atoms with van der Waals surface area (Å²) in [6, 6.07) is 0.375. The van der Waals surface area contributed by atoms with Gasteiger partial charge in [0.1, 0.15) is 5.82 Å². The molecule has 0 saturated carbocycles. The number of carbonyl (C=O) groups excluding carboxylic acids is 1. The Kier molecular flexibility index (Phi) is 7.47. The smallest absolute Gasteiger partial charge is 0.338 e. The molecule has 0 bridgehead atoms. The molecule has 1 aliphatic rings. The van der Waals surface area contributed by atoms with Gasteiger partial charge in [-0.1, -0.05) is 5.21 Å². The fraction of sp³-hybridized carbons (Fsp3) is 0.300. The predicted octanol–water partition coefficient (Wildman–Crippen LogP) is 1.57. The molecule has 0 fully saturated rings. The first-order valence-corrected chi connectivity index (χ1v) is 9.87. The quantitative estimate of drug-likeness (QED) is 0.489. The number of benzene rings is 1. The zero-order valence-electron chi connectivity index (χ0n) is 17.5. The summed E-state index contributed by atoms with van der Waals surface area (Å²) in [5.74, 6) is -4.72. The highest BCUT2D eigenvalue weighted by Crippen LogP contribution is 2.23. The Morgan fingerprint density at radius 2 is 1.76 bits per heavy atom. The molecule has 0 aliphatic carbocycles. The number of fused-ring (bicyclic) bond motifs is 1. The fourth-order valence-electron chi connectivity index (χ4n) is 3.52. The van der Waals surface area contributed by atoms with Crippen LogP contribution >= 0.6 is 12.4 Å². The van der Waals surface area contributed by atoms with Crippen LogP contribution in [0.3, 0.4) is 0 Å². The Morgan fingerprint density at radius 1 is 1.09 bits per heavy atom. The molecule has 0 unspecified atom stereocenters. The topological polar surface area (TPSA) is 140 Å². The largest absolute Gasteiger partial charge is 0.478 e. The number of rotatable bonds is 6. The van der Waals surface area contributed by atoms with E-state index in [-0.39, 0.29) is 54.7 Å². The molecule has 4 rings (SSSR count). The Balaban J connectivity index is 0.00000324. The minimum atomic E-state index is -1.29. The van der Waals surface area contributed by atoms with Gasteiger partial charge in [-0.2, -0.15) is 0 Å². The average molecular weight is 498 g/mol. The van der Waals surface area contributed by atoms with Gasteiger partial charge in [0.05, 0.1) is 24.3 Å². The van der Waals surface area contributed by atoms with Crippen molar-refractivity contribution in [3.05, 3.63) is 58.8 Å². The monoisotopic (exact) mass is 497 g/mol. The van der Waals surface area contributed by atoms with E-state index in [9.17, 15) is 22.8 Å². The van der Waals surface area contributed by atoms with Gasteiger partial charge in [-0.25, -0.2) is 32.6 Å². The van der Waals surface area contributed by atoms with Crippen LogP contribution in [0.25, 0.3) is 11.5 Å². The average Bonchev–Trinajstić information content (AvgIpc) is 3.20. The lowest BCUT2D eigenvalue weighted by Crippen LogP contribution is -2.41. The van der Waals surface area contributed by atoms with Gasteiger partial charge >= 0.3 is 5.97 Å². The summed E-state index contributed by atoms with van der Waals surface area (Å²) in [5.41, 5.74) is 6.67. The van der Waals surface area contributed by atoms with E-state index in [1.165, 1.54) is 4.90 Å². The Hall–Kier alpha value is -3.58. The molecule has 14 heteroatoms. The Labute approximate surface area is 197 Å². The molecule has 0 radical (unpaired) electrons. The van der Waals surface area contributed by atoms with Crippen LogP contribution in [-0.4, -0.2) is 59.4 Å². The number of carboxylic acids is 1. The number of carbonyl (C=O) groups is 2. The van der Waals surface area contributed by atoms with Crippen LogP contribution in [0.1, 0.15) is 28.0 Å². The van der Waals surface area contributed by atoms with Crippen LogP contribution in [0.2, 0.25) is 0 Å². The lowest BCUT2D eigenvalue weighted by atomic mass is 10.0. The number of nitrogens with zero attached hydrogens (tertiary/aromatic N) is 6. The number of aromatic nitrogens is 5. The molecule has 2 aromatic heterocycles. The zero-order valence-corrected chi connectivity index (χ0v) is 18.3. The molecule has 3 heterocycles. The van der Waals surface area contributed by atoms with Gasteiger partial charge in [-0.05, 0) is 18.1 Å². The summed E-state index contributed by atoms with van der Waals surface area (Å²) in [7, 11) is 0. The number of aromatic carboxylic acids is 1. The van der Waals surface area contributed by atoms with Gasteiger partial charge in [0, 0.05) is 37.5 Å². The molecule has 0 spiro atoms. The van der Waals surface area contributed by atoms with Crippen molar-refractivity contribution in [2.24, 2.45) is 5.73 Å². The summed E-state index contributed by atoms with van der Waals surface area (Å²) in [5, 5.41) is 17.1. The van der Waals surface area contributed by atoms with Gasteiger partial charge in [0.15, 0.2) is 23.2 Å². The minimum Gasteiger partial charge on any atom is -0.478 e. The highest BCUT2D eigenvalue weighted by atomic mass is 35.5. The summed E-state index contributed by atoms with van der Waals surface area (Å²) >= 11 is 0. The number of hydrogen-bond acceptors (Lipinski definition) is 7. The van der Waals surface area contributed by atoms with E-state index < -0.39 is 29.5 Å². The van der Waals surface area contributed by atoms with Gasteiger partial charge in [0.2, 0.25) is 5.91 Å². The van der Waals surface area contributed by atoms with E-state index in [2.05, 4.69) is 20.3 Å². The summed E-state index contributed by atoms with van der Waals surface area (Å²) < 4.78 is 42.0. The summed E-state index contributed by atoms with van der Waals surface area (Å²) in [4.78, 5) is 33.3. The molecule has 180 valence electrons. The number of amides is 1. The van der Waals surface area contributed by atoms with Gasteiger partial charge in [0.25, 0.3) is 0 Å². The van der Waals surface area contributed by atoms with Gasteiger partial charge in [-0.15, -0.1) is 17.5 Å². The first-order chi connectivity index (χ1) is 15.7. The summed E-state index contributed by atoms with van der Waals surface area (Å²) in [6.45, 7) is 0.825. The van der Waals surface area contributed by atoms with Crippen LogP contribution in [0.5, 0.6) is 0 Å². The van der Waals surface area contributed by atoms with Crippen molar-refractivity contribution in [3.63, 3.8) is 0 Å². The number of hydrogen-bond donors (Lipinski definition) is 2. The normalized spacial score (nSPS) is 13.7. The zero-order chi connectivity index (χ0) is 23.7. The van der Waals surface area contributed by atoms with Gasteiger partial charge in [-0.3, -0.25) is 4.79 Å². The van der Waals surface area contributed by atoms with E-state index in [1.54, 1.807) is 4.68 Å². The molecule has 10 nitrogen and oxygen atoms in total. The lowest BCUT2D eigenvalue weighted by Gasteiger charge is -2.28. The first-order valence-electron chi connectivity index (χ1n) is 9.87. The third kappa shape index (κ3) is 5.15. The molecule has 1 atom stereocenters. The second kappa shape index (κ2) is 10.1. The van der Waals surface area contributed by atoms with Crippen LogP contribution in [0.15, 0.2) is 24.5 Å². The molecule has 34 heavy (non-hydrogen) atoms. The molecule has 1 amide bonds. The molecular formula is C20H19ClF3N7O3. The van der Waals surface area contributed by atoms with Crippen molar-refractivity contribution >= 4 is 24.3 Å². The van der Waals surface area contributed by atoms with E-state index in [0.717, 1.165) is 18.5 Å². The molecular weight excluding hydrogens is 479 g/mol. The highest BCUT2D eigenvalue weighted by Gasteiger charge is 2.28. The molecule has 3 aromatic rings. The first kappa shape index (κ1) is 25.1. The minimum absolute atomic E-state index is 0. The predicted molar refractivity (Wildman–Crippen MR) is 113 cm³/mol. The van der Waals surface area contributed by atoms with E-state index in [0.29, 0.717) is 30.5 Å². The van der Waals surface area contributed by atoms with Crippen LogP contribution in [0.4, 0.5) is 13.2 Å². The number of halogens is 4. The standard InChI is InChI=1S/C20H18F3N7O3.ClH/c21-13-6-15(23)14(22)4-10(13)3-12(24)5-17(31)29-1-2-30-16(9-29)18(27-28-30)19-25-7-11(8-26-19)20(32)33;/h4,6-8,12H,1-3,5,9,24H2,(H,32,33);1H/t12-;/m1./s1. The fourth-order valence-corrected chi connectivity index (χ4v) is 3.52. The molecule has 1 aliphatic heterocycles. The van der Waals surface area contributed by atoms with Crippen molar-refractivity contribution in [2.75, 3.05) is 6.54 Å². The third-order valence-electron chi connectivity index (χ3n) is 5.23. The lowest BCUT2D eigenvalue weighted by molar-refractivity contribution is -0.133. The van der Waals surface area contributed by atoms with Gasteiger partial charge < -0.3 is 15.7 Å². The van der Waals surface area contributed by atoms with Crippen molar-refractivity contribution in [3.8, 4) is 11.5 Å².